The maximum Gasteiger partial charge on any atom is 0.392 e. The summed E-state index contributed by atoms with van der Waals surface area (Å²) in [7, 11) is 0. The van der Waals surface area contributed by atoms with Crippen molar-refractivity contribution < 1.29 is 36.2 Å². The molecule has 0 saturated carbocycles. The van der Waals surface area contributed by atoms with Gasteiger partial charge < -0.3 is 15.2 Å². The van der Waals surface area contributed by atoms with Crippen LogP contribution in [0.25, 0.3) is 0 Å². The number of hydrogen-bond acceptors (Lipinski definition) is 4. The van der Waals surface area contributed by atoms with E-state index in [1.165, 1.54) is 19.1 Å². The first-order valence-electron chi connectivity index (χ1n) is 9.64. The van der Waals surface area contributed by atoms with Crippen LogP contribution in [0.15, 0.2) is 36.4 Å². The molecule has 2 aromatic rings. The van der Waals surface area contributed by atoms with Gasteiger partial charge in [0.05, 0.1) is 25.1 Å². The third kappa shape index (κ3) is 7.29. The molecule has 0 aliphatic heterocycles. The molecule has 1 atom stereocenters. The zero-order chi connectivity index (χ0) is 24.8. The van der Waals surface area contributed by atoms with E-state index >= 15 is 0 Å². The summed E-state index contributed by atoms with van der Waals surface area (Å²) in [6, 6.07) is 7.78. The van der Waals surface area contributed by atoms with Gasteiger partial charge in [-0.3, -0.25) is 10.2 Å². The lowest BCUT2D eigenvalue weighted by molar-refractivity contribution is -0.140. The lowest BCUT2D eigenvalue weighted by Gasteiger charge is -2.23. The van der Waals surface area contributed by atoms with Crippen LogP contribution >= 0.6 is 11.8 Å². The normalized spacial score (nSPS) is 12.3. The van der Waals surface area contributed by atoms with Crippen molar-refractivity contribution >= 4 is 23.5 Å². The molecule has 0 fully saturated rings. The first-order chi connectivity index (χ1) is 15.4. The zero-order valence-electron chi connectivity index (χ0n) is 17.4. The smallest absolute Gasteiger partial charge is 0.392 e. The molecule has 2 aromatic carbocycles. The molecule has 0 saturated heterocycles. The second kappa shape index (κ2) is 11.3. The zero-order valence-corrected chi connectivity index (χ0v) is 18.1. The SMILES string of the molecule is CCOC(C(=O)N(Cl)Cc1ccc(C(=N)N)cc1)c1c(F)ccc(OCCC(F)(F)F)c1F. The van der Waals surface area contributed by atoms with Gasteiger partial charge in [0.1, 0.15) is 11.7 Å². The van der Waals surface area contributed by atoms with Crippen molar-refractivity contribution in [3.63, 3.8) is 0 Å². The van der Waals surface area contributed by atoms with E-state index in [2.05, 4.69) is 0 Å². The number of rotatable bonds is 10. The van der Waals surface area contributed by atoms with Crippen LogP contribution in [0, 0.1) is 17.0 Å². The maximum absolute atomic E-state index is 14.9. The fraction of sp³-hybridized carbons (Fsp3) is 0.333. The van der Waals surface area contributed by atoms with Crippen LogP contribution < -0.4 is 10.5 Å². The van der Waals surface area contributed by atoms with Crippen molar-refractivity contribution in [2.24, 2.45) is 5.73 Å². The van der Waals surface area contributed by atoms with Gasteiger partial charge >= 0.3 is 6.18 Å². The van der Waals surface area contributed by atoms with E-state index in [4.69, 9.17) is 32.4 Å². The Hall–Kier alpha value is -2.92. The molecule has 0 bridgehead atoms. The van der Waals surface area contributed by atoms with E-state index in [0.717, 1.165) is 12.1 Å². The number of alkyl halides is 3. The predicted molar refractivity (Wildman–Crippen MR) is 111 cm³/mol. The van der Waals surface area contributed by atoms with Gasteiger partial charge in [0, 0.05) is 23.9 Å². The average Bonchev–Trinajstić information content (AvgIpc) is 2.73. The number of nitrogen functional groups attached to an aromatic ring is 1. The van der Waals surface area contributed by atoms with E-state index in [9.17, 15) is 26.7 Å². The Kier molecular flexibility index (Phi) is 9.00. The number of carbonyl (C=O) groups excluding carboxylic acids is 1. The minimum Gasteiger partial charge on any atom is -0.490 e. The number of ether oxygens (including phenoxy) is 2. The number of nitrogens with one attached hydrogen (secondary N) is 1. The molecule has 6 nitrogen and oxygen atoms in total. The molecule has 1 amide bonds. The molecule has 1 unspecified atom stereocenters. The summed E-state index contributed by atoms with van der Waals surface area (Å²) in [5, 5.41) is 7.38. The molecule has 0 aliphatic rings. The van der Waals surface area contributed by atoms with Crippen molar-refractivity contribution in [3.8, 4) is 5.75 Å². The second-order valence-electron chi connectivity index (χ2n) is 6.79. The van der Waals surface area contributed by atoms with Crippen LogP contribution in [-0.2, 0) is 16.1 Å². The highest BCUT2D eigenvalue weighted by atomic mass is 35.5. The van der Waals surface area contributed by atoms with Crippen molar-refractivity contribution in [2.45, 2.75) is 32.2 Å². The molecule has 0 spiro atoms. The Morgan fingerprint density at radius 1 is 1.18 bits per heavy atom. The number of nitrogens with zero attached hydrogens (tertiary/aromatic N) is 1. The number of amidine groups is 1. The summed E-state index contributed by atoms with van der Waals surface area (Å²) in [4.78, 5) is 12.9. The third-order valence-corrected chi connectivity index (χ3v) is 4.67. The van der Waals surface area contributed by atoms with Gasteiger partial charge in [0.25, 0.3) is 5.91 Å². The van der Waals surface area contributed by atoms with E-state index in [1.807, 2.05) is 0 Å². The van der Waals surface area contributed by atoms with Gasteiger partial charge in [0.2, 0.25) is 0 Å². The highest BCUT2D eigenvalue weighted by Gasteiger charge is 2.33. The Bertz CT molecular complexity index is 986. The van der Waals surface area contributed by atoms with Crippen molar-refractivity contribution in [1.29, 1.82) is 5.41 Å². The summed E-state index contributed by atoms with van der Waals surface area (Å²) in [6.45, 7) is 0.301. The Balaban J connectivity index is 2.25. The van der Waals surface area contributed by atoms with Crippen LogP contribution in [0.5, 0.6) is 5.75 Å². The Morgan fingerprint density at radius 2 is 1.82 bits per heavy atom. The minimum absolute atomic E-state index is 0.119. The highest BCUT2D eigenvalue weighted by Crippen LogP contribution is 2.32. The van der Waals surface area contributed by atoms with E-state index in [1.54, 1.807) is 12.1 Å². The maximum atomic E-state index is 14.9. The van der Waals surface area contributed by atoms with E-state index < -0.39 is 54.2 Å². The molecule has 2 rings (SSSR count). The monoisotopic (exact) mass is 493 g/mol. The molecule has 33 heavy (non-hydrogen) atoms. The molecule has 0 heterocycles. The third-order valence-electron chi connectivity index (χ3n) is 4.38. The summed E-state index contributed by atoms with van der Waals surface area (Å²) in [5.74, 6) is -4.33. The minimum atomic E-state index is -4.52. The van der Waals surface area contributed by atoms with Gasteiger partial charge in [-0.2, -0.15) is 13.2 Å². The standard InChI is InChI=1S/C21H21ClF5N3O3/c1-2-32-18(20(31)30(22)11-12-3-5-13(6-4-12)19(28)29)16-14(23)7-8-15(17(16)24)33-10-9-21(25,26)27/h3-8,18H,2,9-11H2,1H3,(H3,28,29). The second-order valence-corrected chi connectivity index (χ2v) is 7.20. The van der Waals surface area contributed by atoms with Crippen molar-refractivity contribution in [2.75, 3.05) is 13.2 Å². The predicted octanol–water partition coefficient (Wildman–Crippen LogP) is 4.84. The van der Waals surface area contributed by atoms with Crippen LogP contribution in [0.2, 0.25) is 0 Å². The van der Waals surface area contributed by atoms with Crippen molar-refractivity contribution in [1.82, 2.24) is 4.42 Å². The molecule has 0 radical (unpaired) electrons. The number of carbonyl (C=O) groups is 1. The van der Waals surface area contributed by atoms with E-state index in [0.29, 0.717) is 15.5 Å². The number of nitrogens with two attached hydrogens (primary N) is 1. The topological polar surface area (TPSA) is 88.6 Å². The molecule has 0 aliphatic carbocycles. The molecule has 0 aromatic heterocycles. The van der Waals surface area contributed by atoms with Crippen LogP contribution in [0.1, 0.15) is 36.1 Å². The van der Waals surface area contributed by atoms with Gasteiger partial charge in [-0.15, -0.1) is 0 Å². The quantitative estimate of drug-likeness (QED) is 0.214. The summed E-state index contributed by atoms with van der Waals surface area (Å²) >= 11 is 6.06. The number of benzene rings is 2. The average molecular weight is 494 g/mol. The first-order valence-corrected chi connectivity index (χ1v) is 9.98. The van der Waals surface area contributed by atoms with Crippen molar-refractivity contribution in [3.05, 3.63) is 64.7 Å². The number of halogens is 6. The first kappa shape index (κ1) is 26.3. The van der Waals surface area contributed by atoms with Crippen LogP contribution in [0.4, 0.5) is 22.0 Å². The fourth-order valence-electron chi connectivity index (χ4n) is 2.78. The highest BCUT2D eigenvalue weighted by molar-refractivity contribution is 6.21. The lowest BCUT2D eigenvalue weighted by atomic mass is 10.1. The van der Waals surface area contributed by atoms with Gasteiger partial charge in [-0.1, -0.05) is 24.3 Å². The fourth-order valence-corrected chi connectivity index (χ4v) is 3.00. The number of hydrogen-bond donors (Lipinski definition) is 2. The summed E-state index contributed by atoms with van der Waals surface area (Å²) < 4.78 is 77.1. The molecular weight excluding hydrogens is 473 g/mol. The molecular formula is C21H21ClF5N3O3. The molecule has 180 valence electrons. The van der Waals surface area contributed by atoms with Crippen LogP contribution in [0.3, 0.4) is 0 Å². The largest absolute Gasteiger partial charge is 0.490 e. The summed E-state index contributed by atoms with van der Waals surface area (Å²) in [5.41, 5.74) is 5.53. The van der Waals surface area contributed by atoms with Gasteiger partial charge in [-0.25, -0.2) is 13.2 Å². The number of amides is 1. The Morgan fingerprint density at radius 3 is 2.36 bits per heavy atom. The lowest BCUT2D eigenvalue weighted by Crippen LogP contribution is -2.30. The Labute approximate surface area is 191 Å². The molecule has 3 N–H and O–H groups in total. The summed E-state index contributed by atoms with van der Waals surface area (Å²) in [6.07, 6.45) is -7.68. The van der Waals surface area contributed by atoms with Gasteiger partial charge in [-0.05, 0) is 24.6 Å². The van der Waals surface area contributed by atoms with Crippen LogP contribution in [-0.4, -0.2) is 35.6 Å². The molecule has 12 heteroatoms. The van der Waals surface area contributed by atoms with E-state index in [-0.39, 0.29) is 19.0 Å². The van der Waals surface area contributed by atoms with Gasteiger partial charge in [0.15, 0.2) is 17.7 Å².